The highest BCUT2D eigenvalue weighted by molar-refractivity contribution is 7.99. The summed E-state index contributed by atoms with van der Waals surface area (Å²) in [7, 11) is 0. The zero-order valence-corrected chi connectivity index (χ0v) is 19.3. The van der Waals surface area contributed by atoms with Crippen molar-refractivity contribution in [3.8, 4) is 17.1 Å². The van der Waals surface area contributed by atoms with Gasteiger partial charge in [-0.2, -0.15) is 4.68 Å². The van der Waals surface area contributed by atoms with E-state index in [0.717, 1.165) is 68.2 Å². The number of aromatic nitrogens is 4. The lowest BCUT2D eigenvalue weighted by Gasteiger charge is -2.33. The molecule has 168 valence electrons. The maximum absolute atomic E-state index is 13.3. The first-order valence-corrected chi connectivity index (χ1v) is 12.6. The van der Waals surface area contributed by atoms with Crippen LogP contribution in [0.25, 0.3) is 17.1 Å². The van der Waals surface area contributed by atoms with Gasteiger partial charge in [0.05, 0.1) is 11.4 Å². The summed E-state index contributed by atoms with van der Waals surface area (Å²) in [4.78, 5) is 33.0. The Kier molecular flexibility index (Phi) is 6.04. The van der Waals surface area contributed by atoms with Crippen LogP contribution in [0.5, 0.6) is 0 Å². The Bertz CT molecular complexity index is 1140. The van der Waals surface area contributed by atoms with Crippen LogP contribution in [-0.2, 0) is 17.8 Å². The second kappa shape index (κ2) is 9.10. The minimum absolute atomic E-state index is 0.112. The third-order valence-electron chi connectivity index (χ3n) is 6.62. The smallest absolute Gasteiger partial charge is 0.284 e. The highest BCUT2D eigenvalue weighted by Gasteiger charge is 2.28. The van der Waals surface area contributed by atoms with Gasteiger partial charge in [-0.25, -0.2) is 4.98 Å². The third kappa shape index (κ3) is 3.96. The fraction of sp³-hybridized carbons (Fsp3) is 0.500. The number of para-hydroxylation sites is 1. The number of likely N-dealkylation sites (tertiary alicyclic amines) is 1. The van der Waals surface area contributed by atoms with Crippen LogP contribution in [0.3, 0.4) is 0 Å². The Hall–Kier alpha value is -2.61. The van der Waals surface area contributed by atoms with Gasteiger partial charge in [0.1, 0.15) is 5.56 Å². The summed E-state index contributed by atoms with van der Waals surface area (Å²) < 4.78 is 3.63. The molecule has 8 heteroatoms. The van der Waals surface area contributed by atoms with Crippen molar-refractivity contribution in [2.45, 2.75) is 69.6 Å². The second-order valence-electron chi connectivity index (χ2n) is 8.78. The molecular formula is C24H29N5O2S. The van der Waals surface area contributed by atoms with Gasteiger partial charge in [0.25, 0.3) is 5.56 Å². The molecule has 0 radical (unpaired) electrons. The molecule has 0 aromatic heterocycles. The number of carbonyl (C=O) groups is 1. The van der Waals surface area contributed by atoms with Crippen LogP contribution in [0.2, 0.25) is 0 Å². The number of hydrogen-bond acceptors (Lipinski definition) is 5. The van der Waals surface area contributed by atoms with Crippen molar-refractivity contribution in [3.05, 3.63) is 46.4 Å². The van der Waals surface area contributed by atoms with Gasteiger partial charge < -0.3 is 9.47 Å². The average Bonchev–Trinajstić information content (AvgIpc) is 2.98. The Labute approximate surface area is 192 Å². The van der Waals surface area contributed by atoms with Crippen LogP contribution in [0.4, 0.5) is 0 Å². The number of rotatable bonds is 4. The van der Waals surface area contributed by atoms with Crippen LogP contribution in [0.1, 0.15) is 51.1 Å². The van der Waals surface area contributed by atoms with E-state index in [9.17, 15) is 9.59 Å². The summed E-state index contributed by atoms with van der Waals surface area (Å²) >= 11 is 1.48. The normalized spacial score (nSPS) is 19.0. The Morgan fingerprint density at radius 3 is 2.72 bits per heavy atom. The average molecular weight is 452 g/mol. The molecule has 0 saturated carbocycles. The van der Waals surface area contributed by atoms with E-state index < -0.39 is 0 Å². The standard InChI is InChI=1S/C24H29N5O2S/c1-17-10-7-9-14-27(17)20(30)16-32-24-25-22-21(19-13-6-3-8-15-28(19)24)23(31)29(26-22)18-11-4-2-5-12-18/h2,4-5,11-12,17H,3,6-10,13-16H2,1H3. The zero-order valence-electron chi connectivity index (χ0n) is 18.5. The monoisotopic (exact) mass is 451 g/mol. The van der Waals surface area contributed by atoms with Gasteiger partial charge >= 0.3 is 0 Å². The van der Waals surface area contributed by atoms with Gasteiger partial charge in [-0.05, 0) is 57.6 Å². The molecule has 0 N–H and O–H groups in total. The van der Waals surface area contributed by atoms with Crippen molar-refractivity contribution in [2.75, 3.05) is 12.3 Å². The van der Waals surface area contributed by atoms with E-state index in [0.29, 0.717) is 23.2 Å². The topological polar surface area (TPSA) is 73.0 Å². The predicted molar refractivity (Wildman–Crippen MR) is 126 cm³/mol. The minimum atomic E-state index is -0.112. The molecule has 1 fully saturated rings. The van der Waals surface area contributed by atoms with E-state index in [1.165, 1.54) is 22.9 Å². The molecule has 1 saturated heterocycles. The number of hydrogen-bond donors (Lipinski definition) is 0. The Balaban J connectivity index is 1.51. The Morgan fingerprint density at radius 2 is 1.91 bits per heavy atom. The van der Waals surface area contributed by atoms with E-state index in [-0.39, 0.29) is 11.5 Å². The van der Waals surface area contributed by atoms with E-state index in [2.05, 4.69) is 16.6 Å². The van der Waals surface area contributed by atoms with Gasteiger partial charge in [-0.3, -0.25) is 9.59 Å². The fourth-order valence-electron chi connectivity index (χ4n) is 4.89. The number of amides is 1. The molecule has 4 aliphatic rings. The second-order valence-corrected chi connectivity index (χ2v) is 9.72. The van der Waals surface area contributed by atoms with Crippen molar-refractivity contribution in [1.29, 1.82) is 0 Å². The first-order chi connectivity index (χ1) is 15.6. The van der Waals surface area contributed by atoms with Crippen molar-refractivity contribution >= 4 is 17.7 Å². The molecule has 0 bridgehead atoms. The summed E-state index contributed by atoms with van der Waals surface area (Å²) in [6, 6.07) is 9.80. The highest BCUT2D eigenvalue weighted by Crippen LogP contribution is 2.31. The first kappa shape index (κ1) is 21.2. The predicted octanol–water partition coefficient (Wildman–Crippen LogP) is 3.75. The lowest BCUT2D eigenvalue weighted by atomic mass is 10.0. The van der Waals surface area contributed by atoms with Gasteiger partial charge in [-0.15, -0.1) is 5.10 Å². The maximum Gasteiger partial charge on any atom is 0.284 e. The van der Waals surface area contributed by atoms with Crippen LogP contribution in [-0.4, -0.2) is 48.5 Å². The summed E-state index contributed by atoms with van der Waals surface area (Å²) in [5.74, 6) is 1.02. The van der Waals surface area contributed by atoms with E-state index in [1.54, 1.807) is 0 Å². The quantitative estimate of drug-likeness (QED) is 0.446. The molecule has 7 nitrogen and oxygen atoms in total. The molecule has 0 aliphatic carbocycles. The SMILES string of the molecule is CC1CCCCN1C(=O)CSc1nc2nn(-c3ccccc3)c(=O)c-2c2n1CCCCC2. The molecule has 1 amide bonds. The van der Waals surface area contributed by atoms with Crippen molar-refractivity contribution < 1.29 is 4.79 Å². The molecule has 0 spiro atoms. The van der Waals surface area contributed by atoms with Crippen LogP contribution < -0.4 is 5.56 Å². The maximum atomic E-state index is 13.3. The summed E-state index contributed by atoms with van der Waals surface area (Å²) in [5.41, 5.74) is 2.27. The molecule has 32 heavy (non-hydrogen) atoms. The van der Waals surface area contributed by atoms with Crippen LogP contribution in [0, 0.1) is 0 Å². The lowest BCUT2D eigenvalue weighted by molar-refractivity contribution is -0.131. The molecular weight excluding hydrogens is 422 g/mol. The van der Waals surface area contributed by atoms with E-state index >= 15 is 0 Å². The number of carbonyl (C=O) groups excluding carboxylic acids is 1. The molecule has 1 unspecified atom stereocenters. The van der Waals surface area contributed by atoms with E-state index in [1.807, 2.05) is 35.2 Å². The molecule has 5 rings (SSSR count). The first-order valence-electron chi connectivity index (χ1n) is 11.6. The molecule has 1 atom stereocenters. The number of fused-ring (bicyclic) bond motifs is 3. The van der Waals surface area contributed by atoms with Crippen molar-refractivity contribution in [3.63, 3.8) is 0 Å². The summed E-state index contributed by atoms with van der Waals surface area (Å²) in [5, 5.41) is 5.38. The minimum Gasteiger partial charge on any atom is -0.339 e. The van der Waals surface area contributed by atoms with Gasteiger partial charge in [-0.1, -0.05) is 36.4 Å². The number of thioether (sulfide) groups is 1. The summed E-state index contributed by atoms with van der Waals surface area (Å²) in [6.45, 7) is 3.81. The van der Waals surface area contributed by atoms with Gasteiger partial charge in [0.15, 0.2) is 11.0 Å². The van der Waals surface area contributed by atoms with Crippen molar-refractivity contribution in [2.24, 2.45) is 0 Å². The lowest BCUT2D eigenvalue weighted by Crippen LogP contribution is -2.43. The molecule has 1 aromatic rings. The Morgan fingerprint density at radius 1 is 1.09 bits per heavy atom. The third-order valence-corrected chi connectivity index (χ3v) is 7.58. The molecule has 4 heterocycles. The van der Waals surface area contributed by atoms with Crippen LogP contribution in [0.15, 0.2) is 40.3 Å². The van der Waals surface area contributed by atoms with Crippen LogP contribution >= 0.6 is 11.8 Å². The van der Waals surface area contributed by atoms with Gasteiger partial charge in [0, 0.05) is 24.8 Å². The number of nitrogens with zero attached hydrogens (tertiary/aromatic N) is 5. The fourth-order valence-corrected chi connectivity index (χ4v) is 5.81. The highest BCUT2D eigenvalue weighted by atomic mass is 32.2. The summed E-state index contributed by atoms with van der Waals surface area (Å²) in [6.07, 6.45) is 7.41. The van der Waals surface area contributed by atoms with Crippen molar-refractivity contribution in [1.82, 2.24) is 24.2 Å². The number of piperidine rings is 1. The number of benzene rings is 1. The molecule has 4 aliphatic heterocycles. The van der Waals surface area contributed by atoms with E-state index in [4.69, 9.17) is 4.98 Å². The largest absolute Gasteiger partial charge is 0.339 e. The zero-order chi connectivity index (χ0) is 22.1. The van der Waals surface area contributed by atoms with Gasteiger partial charge in [0.2, 0.25) is 5.91 Å². The molecule has 1 aromatic carbocycles.